The number of carbonyl (C=O) groups excluding carboxylic acids is 1. The van der Waals surface area contributed by atoms with E-state index in [-0.39, 0.29) is 18.3 Å². The summed E-state index contributed by atoms with van der Waals surface area (Å²) >= 11 is 7.25. The van der Waals surface area contributed by atoms with Gasteiger partial charge in [0.15, 0.2) is 6.61 Å². The van der Waals surface area contributed by atoms with Crippen molar-refractivity contribution in [3.8, 4) is 5.75 Å². The molecule has 134 valence electrons. The molecule has 0 spiro atoms. The van der Waals surface area contributed by atoms with Crippen molar-refractivity contribution in [3.63, 3.8) is 0 Å². The SMILES string of the molecule is O=C(CSc1nnc(COc2ccccc2Cl)o1)NC1CCCCC1. The monoisotopic (exact) mass is 381 g/mol. The summed E-state index contributed by atoms with van der Waals surface area (Å²) in [6.45, 7) is 0.131. The second-order valence-electron chi connectivity index (χ2n) is 5.87. The molecule has 1 aromatic carbocycles. The third-order valence-corrected chi connectivity index (χ3v) is 5.06. The molecule has 3 rings (SSSR count). The van der Waals surface area contributed by atoms with Crippen molar-refractivity contribution in [2.75, 3.05) is 5.75 Å². The molecule has 0 saturated heterocycles. The number of thioether (sulfide) groups is 1. The van der Waals surface area contributed by atoms with Crippen LogP contribution < -0.4 is 10.1 Å². The maximum absolute atomic E-state index is 12.0. The number of nitrogens with one attached hydrogen (secondary N) is 1. The lowest BCUT2D eigenvalue weighted by Gasteiger charge is -2.22. The molecule has 0 unspecified atom stereocenters. The molecule has 0 bridgehead atoms. The maximum atomic E-state index is 12.0. The highest BCUT2D eigenvalue weighted by Crippen LogP contribution is 2.24. The smallest absolute Gasteiger partial charge is 0.277 e. The molecule has 25 heavy (non-hydrogen) atoms. The number of aromatic nitrogens is 2. The highest BCUT2D eigenvalue weighted by molar-refractivity contribution is 7.99. The lowest BCUT2D eigenvalue weighted by atomic mass is 9.95. The largest absolute Gasteiger partial charge is 0.482 e. The van der Waals surface area contributed by atoms with Crippen LogP contribution in [0.5, 0.6) is 5.75 Å². The van der Waals surface area contributed by atoms with Gasteiger partial charge in [-0.05, 0) is 25.0 Å². The number of nitrogens with zero attached hydrogens (tertiary/aromatic N) is 2. The fourth-order valence-electron chi connectivity index (χ4n) is 2.70. The van der Waals surface area contributed by atoms with Crippen LogP contribution in [0.2, 0.25) is 5.02 Å². The molecule has 1 N–H and O–H groups in total. The van der Waals surface area contributed by atoms with Gasteiger partial charge in [0, 0.05) is 6.04 Å². The summed E-state index contributed by atoms with van der Waals surface area (Å²) in [7, 11) is 0. The Morgan fingerprint density at radius 1 is 1.28 bits per heavy atom. The van der Waals surface area contributed by atoms with Gasteiger partial charge in [0.1, 0.15) is 5.75 Å². The normalized spacial score (nSPS) is 15.1. The highest BCUT2D eigenvalue weighted by Gasteiger charge is 2.16. The van der Waals surface area contributed by atoms with Gasteiger partial charge in [0.25, 0.3) is 11.1 Å². The predicted octanol–water partition coefficient (Wildman–Crippen LogP) is 3.84. The van der Waals surface area contributed by atoms with Crippen molar-refractivity contribution in [2.24, 2.45) is 0 Å². The third-order valence-electron chi connectivity index (χ3n) is 3.93. The first-order valence-electron chi connectivity index (χ1n) is 8.32. The zero-order valence-electron chi connectivity index (χ0n) is 13.7. The van der Waals surface area contributed by atoms with Gasteiger partial charge in [-0.15, -0.1) is 10.2 Å². The molecule has 6 nitrogen and oxygen atoms in total. The van der Waals surface area contributed by atoms with Gasteiger partial charge < -0.3 is 14.5 Å². The van der Waals surface area contributed by atoms with Gasteiger partial charge in [-0.3, -0.25) is 4.79 Å². The van der Waals surface area contributed by atoms with E-state index in [9.17, 15) is 4.79 Å². The number of para-hydroxylation sites is 1. The number of amides is 1. The van der Waals surface area contributed by atoms with Crippen molar-refractivity contribution in [2.45, 2.75) is 50.0 Å². The summed E-state index contributed by atoms with van der Waals surface area (Å²) in [5.41, 5.74) is 0. The van der Waals surface area contributed by atoms with E-state index >= 15 is 0 Å². The fourth-order valence-corrected chi connectivity index (χ4v) is 3.48. The van der Waals surface area contributed by atoms with Crippen LogP contribution in [0.25, 0.3) is 0 Å². The lowest BCUT2D eigenvalue weighted by molar-refractivity contribution is -0.119. The van der Waals surface area contributed by atoms with Gasteiger partial charge in [0.2, 0.25) is 5.91 Å². The number of hydrogen-bond acceptors (Lipinski definition) is 6. The molecule has 2 aromatic rings. The van der Waals surface area contributed by atoms with Crippen LogP contribution in [0.15, 0.2) is 33.9 Å². The molecular weight excluding hydrogens is 362 g/mol. The van der Waals surface area contributed by atoms with Crippen molar-refractivity contribution in [1.29, 1.82) is 0 Å². The first kappa shape index (κ1) is 18.1. The molecule has 1 aliphatic carbocycles. The van der Waals surface area contributed by atoms with E-state index < -0.39 is 0 Å². The van der Waals surface area contributed by atoms with Crippen molar-refractivity contribution in [1.82, 2.24) is 15.5 Å². The Balaban J connectivity index is 1.42. The van der Waals surface area contributed by atoms with Crippen LogP contribution >= 0.6 is 23.4 Å². The van der Waals surface area contributed by atoms with Crippen LogP contribution in [0, 0.1) is 0 Å². The average molecular weight is 382 g/mol. The summed E-state index contributed by atoms with van der Waals surface area (Å²) in [5, 5.41) is 11.8. The standard InChI is InChI=1S/C17H20ClN3O3S/c18-13-8-4-5-9-14(13)23-10-16-20-21-17(24-16)25-11-15(22)19-12-6-2-1-3-7-12/h4-5,8-9,12H,1-3,6-7,10-11H2,(H,19,22). The Kier molecular flexibility index (Phi) is 6.58. The molecule has 0 aliphatic heterocycles. The Labute approximate surface area is 155 Å². The van der Waals surface area contributed by atoms with Crippen LogP contribution in [-0.4, -0.2) is 27.9 Å². The molecule has 8 heteroatoms. The van der Waals surface area contributed by atoms with Gasteiger partial charge in [0.05, 0.1) is 10.8 Å². The zero-order chi connectivity index (χ0) is 17.5. The molecule has 1 aromatic heterocycles. The molecule has 0 radical (unpaired) electrons. The van der Waals surface area contributed by atoms with Crippen LogP contribution in [0.3, 0.4) is 0 Å². The molecule has 1 fully saturated rings. The predicted molar refractivity (Wildman–Crippen MR) is 95.8 cm³/mol. The number of benzene rings is 1. The van der Waals surface area contributed by atoms with E-state index in [2.05, 4.69) is 15.5 Å². The Morgan fingerprint density at radius 2 is 2.08 bits per heavy atom. The topological polar surface area (TPSA) is 77.2 Å². The quantitative estimate of drug-likeness (QED) is 0.734. The number of rotatable bonds is 7. The van der Waals surface area contributed by atoms with Gasteiger partial charge in [-0.1, -0.05) is 54.8 Å². The first-order valence-corrected chi connectivity index (χ1v) is 9.69. The first-order chi connectivity index (χ1) is 12.2. The number of carbonyl (C=O) groups is 1. The molecule has 0 atom stereocenters. The van der Waals surface area contributed by atoms with E-state index in [1.807, 2.05) is 12.1 Å². The van der Waals surface area contributed by atoms with E-state index in [0.717, 1.165) is 12.8 Å². The zero-order valence-corrected chi connectivity index (χ0v) is 15.3. The molecule has 1 aliphatic rings. The number of hydrogen-bond donors (Lipinski definition) is 1. The molecule has 1 saturated carbocycles. The summed E-state index contributed by atoms with van der Waals surface area (Å²) in [4.78, 5) is 12.0. The number of ether oxygens (including phenoxy) is 1. The van der Waals surface area contributed by atoms with E-state index in [1.165, 1.54) is 31.0 Å². The van der Waals surface area contributed by atoms with E-state index in [1.54, 1.807) is 12.1 Å². The highest BCUT2D eigenvalue weighted by atomic mass is 35.5. The Hall–Kier alpha value is -1.73. The maximum Gasteiger partial charge on any atom is 0.277 e. The second-order valence-corrected chi connectivity index (χ2v) is 7.21. The second kappa shape index (κ2) is 9.10. The minimum atomic E-state index is 0.00367. The van der Waals surface area contributed by atoms with Gasteiger partial charge in [-0.25, -0.2) is 0 Å². The van der Waals surface area contributed by atoms with Gasteiger partial charge in [-0.2, -0.15) is 0 Å². The summed E-state index contributed by atoms with van der Waals surface area (Å²) in [6.07, 6.45) is 5.79. The molecular formula is C17H20ClN3O3S. The summed E-state index contributed by atoms with van der Waals surface area (Å²) in [6, 6.07) is 7.49. The molecule has 1 amide bonds. The van der Waals surface area contributed by atoms with Crippen LogP contribution in [0.1, 0.15) is 38.0 Å². The minimum Gasteiger partial charge on any atom is -0.482 e. The summed E-state index contributed by atoms with van der Waals surface area (Å²) < 4.78 is 11.0. The lowest BCUT2D eigenvalue weighted by Crippen LogP contribution is -2.37. The third kappa shape index (κ3) is 5.64. The van der Waals surface area contributed by atoms with E-state index in [4.69, 9.17) is 20.8 Å². The Morgan fingerprint density at radius 3 is 2.88 bits per heavy atom. The van der Waals surface area contributed by atoms with Crippen LogP contribution in [0.4, 0.5) is 0 Å². The minimum absolute atomic E-state index is 0.00367. The van der Waals surface area contributed by atoms with Crippen molar-refractivity contribution in [3.05, 3.63) is 35.2 Å². The Bertz CT molecular complexity index is 704. The average Bonchev–Trinajstić information content (AvgIpc) is 3.08. The summed E-state index contributed by atoms with van der Waals surface area (Å²) in [5.74, 6) is 1.17. The van der Waals surface area contributed by atoms with Crippen molar-refractivity contribution < 1.29 is 13.9 Å². The number of halogens is 1. The van der Waals surface area contributed by atoms with Crippen molar-refractivity contribution >= 4 is 29.3 Å². The molecule has 1 heterocycles. The fraction of sp³-hybridized carbons (Fsp3) is 0.471. The van der Waals surface area contributed by atoms with Gasteiger partial charge >= 0.3 is 0 Å². The van der Waals surface area contributed by atoms with Crippen LogP contribution in [-0.2, 0) is 11.4 Å². The van der Waals surface area contributed by atoms with E-state index in [0.29, 0.717) is 27.9 Å².